The molecule has 0 heterocycles. The number of esters is 2. The number of carboxylic acid groups (broad SMARTS) is 1. The molecule has 4 saturated carbocycles. The van der Waals surface area contributed by atoms with Crippen LogP contribution in [-0.4, -0.2) is 63.7 Å². The van der Waals surface area contributed by atoms with Crippen LogP contribution in [0.15, 0.2) is 17.9 Å². The predicted octanol–water partition coefficient (Wildman–Crippen LogP) is 8.95. The van der Waals surface area contributed by atoms with Gasteiger partial charge in [0.2, 0.25) is 0 Å². The predicted molar refractivity (Wildman–Crippen MR) is 192 cm³/mol. The Bertz CT molecular complexity index is 945. The Hall–Kier alpha value is -2.15. The Morgan fingerprint density at radius 2 is 0.918 bits per heavy atom. The average molecular weight is 689 g/mol. The second-order valence-electron chi connectivity index (χ2n) is 15.7. The summed E-state index contributed by atoms with van der Waals surface area (Å²) in [6.07, 6.45) is 29.3. The van der Waals surface area contributed by atoms with E-state index < -0.39 is 5.97 Å². The minimum Gasteiger partial charge on any atom is -0.481 e. The molecule has 4 aliphatic rings. The first-order chi connectivity index (χ1) is 23.7. The van der Waals surface area contributed by atoms with Crippen LogP contribution in [0.25, 0.3) is 0 Å². The summed E-state index contributed by atoms with van der Waals surface area (Å²) >= 11 is 0. The van der Waals surface area contributed by atoms with Crippen LogP contribution < -0.4 is 0 Å². The van der Waals surface area contributed by atoms with Crippen LogP contribution in [0.1, 0.15) is 135 Å². The fourth-order valence-electron chi connectivity index (χ4n) is 9.34. The number of hydrogen-bond donors (Lipinski definition) is 1. The van der Waals surface area contributed by atoms with Gasteiger partial charge in [-0.3, -0.25) is 14.4 Å². The average Bonchev–Trinajstić information content (AvgIpc) is 3.05. The van der Waals surface area contributed by atoms with Gasteiger partial charge in [-0.25, -0.2) is 0 Å². The first kappa shape index (κ1) is 41.3. The molecule has 49 heavy (non-hydrogen) atoms. The van der Waals surface area contributed by atoms with E-state index in [1.165, 1.54) is 116 Å². The zero-order valence-electron chi connectivity index (χ0n) is 31.0. The van der Waals surface area contributed by atoms with Gasteiger partial charge in [0.05, 0.1) is 13.2 Å². The molecule has 1 N–H and O–H groups in total. The number of aliphatic carboxylic acids is 1. The molecule has 8 unspecified atom stereocenters. The van der Waals surface area contributed by atoms with Gasteiger partial charge in [-0.15, -0.1) is 5.73 Å². The van der Waals surface area contributed by atoms with E-state index in [-0.39, 0.29) is 11.9 Å². The SMILES string of the molecule is CC(=O)O.COCCOC(=O)CC1CCCC(CC2CCCC(C=C=CC3CCCC(CC4CCCC(CC(=O)OCCOC)C4)C3)C2)C1. The van der Waals surface area contributed by atoms with Gasteiger partial charge < -0.3 is 24.1 Å². The maximum absolute atomic E-state index is 12.2. The van der Waals surface area contributed by atoms with E-state index in [9.17, 15) is 9.59 Å². The highest BCUT2D eigenvalue weighted by atomic mass is 16.6. The van der Waals surface area contributed by atoms with Gasteiger partial charge in [-0.1, -0.05) is 51.4 Å². The lowest BCUT2D eigenvalue weighted by molar-refractivity contribution is -0.147. The lowest BCUT2D eigenvalue weighted by Crippen LogP contribution is -2.24. The molecule has 0 amide bonds. The van der Waals surface area contributed by atoms with E-state index in [2.05, 4.69) is 17.9 Å². The zero-order valence-corrected chi connectivity index (χ0v) is 31.0. The van der Waals surface area contributed by atoms with E-state index in [0.29, 0.717) is 62.9 Å². The maximum Gasteiger partial charge on any atom is 0.306 e. The van der Waals surface area contributed by atoms with Crippen molar-refractivity contribution in [3.63, 3.8) is 0 Å². The Labute approximate surface area is 297 Å². The quantitative estimate of drug-likeness (QED) is 0.0973. The van der Waals surface area contributed by atoms with Crippen molar-refractivity contribution in [2.75, 3.05) is 40.6 Å². The number of carbonyl (C=O) groups is 3. The second-order valence-corrected chi connectivity index (χ2v) is 15.7. The van der Waals surface area contributed by atoms with Crippen molar-refractivity contribution in [3.05, 3.63) is 17.9 Å². The Morgan fingerprint density at radius 3 is 1.31 bits per heavy atom. The zero-order chi connectivity index (χ0) is 35.3. The van der Waals surface area contributed by atoms with Crippen LogP contribution in [0.5, 0.6) is 0 Å². The topological polar surface area (TPSA) is 108 Å². The third-order valence-electron chi connectivity index (χ3n) is 11.4. The molecule has 8 nitrogen and oxygen atoms in total. The van der Waals surface area contributed by atoms with Crippen LogP contribution in [0, 0.1) is 47.3 Å². The second kappa shape index (κ2) is 24.1. The largest absolute Gasteiger partial charge is 0.481 e. The van der Waals surface area contributed by atoms with Gasteiger partial charge >= 0.3 is 11.9 Å². The Balaban J connectivity index is 0.00000154. The molecule has 0 aromatic carbocycles. The van der Waals surface area contributed by atoms with Crippen LogP contribution >= 0.6 is 0 Å². The summed E-state index contributed by atoms with van der Waals surface area (Å²) in [5.74, 6) is 4.60. The molecule has 4 aliphatic carbocycles. The van der Waals surface area contributed by atoms with Crippen molar-refractivity contribution in [3.8, 4) is 0 Å². The molecule has 8 heteroatoms. The van der Waals surface area contributed by atoms with E-state index >= 15 is 0 Å². The normalized spacial score (nSPS) is 30.1. The van der Waals surface area contributed by atoms with E-state index in [1.54, 1.807) is 14.2 Å². The van der Waals surface area contributed by atoms with E-state index in [0.717, 1.165) is 30.6 Å². The highest BCUT2D eigenvalue weighted by Crippen LogP contribution is 2.41. The van der Waals surface area contributed by atoms with Gasteiger partial charge in [0.1, 0.15) is 13.2 Å². The standard InChI is InChI=1S/C39H64O6.C2H4O2/c1-42-18-20-44-38(40)28-36-16-6-14-34(26-36)24-32-12-4-10-30(22-32)8-3-9-31-11-5-13-33(23-31)25-35-15-7-17-37(27-35)29-39(41)45-21-19-43-2;1-2(3)4/h8-9,30-37H,4-7,10-29H2,1-2H3;1H3,(H,3,4). The monoisotopic (exact) mass is 688 g/mol. The smallest absolute Gasteiger partial charge is 0.306 e. The number of allylic oxidation sites excluding steroid dienone is 1. The highest BCUT2D eigenvalue weighted by molar-refractivity contribution is 5.70. The Kier molecular flexibility index (Phi) is 20.3. The molecule has 0 bridgehead atoms. The van der Waals surface area contributed by atoms with E-state index in [1.807, 2.05) is 0 Å². The summed E-state index contributed by atoms with van der Waals surface area (Å²) in [7, 11) is 3.27. The fraction of sp³-hybridized carbons (Fsp3) is 0.854. The van der Waals surface area contributed by atoms with Crippen molar-refractivity contribution in [2.24, 2.45) is 47.3 Å². The van der Waals surface area contributed by atoms with Crippen LogP contribution in [0.3, 0.4) is 0 Å². The molecule has 0 aliphatic heterocycles. The number of hydrogen-bond acceptors (Lipinski definition) is 7. The number of rotatable bonds is 16. The summed E-state index contributed by atoms with van der Waals surface area (Å²) in [4.78, 5) is 33.4. The third kappa shape index (κ3) is 18.1. The number of carboxylic acids is 1. The minimum absolute atomic E-state index is 0.0486. The summed E-state index contributed by atoms with van der Waals surface area (Å²) in [6, 6.07) is 0. The van der Waals surface area contributed by atoms with Crippen LogP contribution in [-0.2, 0) is 33.3 Å². The van der Waals surface area contributed by atoms with Gasteiger partial charge in [0, 0.05) is 34.0 Å². The molecule has 0 aromatic rings. The van der Waals surface area contributed by atoms with Crippen molar-refractivity contribution in [1.82, 2.24) is 0 Å². The maximum atomic E-state index is 12.2. The molecule has 4 rings (SSSR count). The van der Waals surface area contributed by atoms with Crippen LogP contribution in [0.2, 0.25) is 0 Å². The summed E-state index contributed by atoms with van der Waals surface area (Å²) in [5.41, 5.74) is 3.70. The number of methoxy groups -OCH3 is 2. The van der Waals surface area contributed by atoms with Gasteiger partial charge in [0.15, 0.2) is 0 Å². The molecule has 0 radical (unpaired) electrons. The Morgan fingerprint density at radius 1 is 0.571 bits per heavy atom. The molecular formula is C41H68O8. The first-order valence-corrected chi connectivity index (χ1v) is 19.6. The molecule has 0 saturated heterocycles. The number of carbonyl (C=O) groups excluding carboxylic acids is 2. The highest BCUT2D eigenvalue weighted by Gasteiger charge is 2.30. The number of ether oxygens (including phenoxy) is 4. The lowest BCUT2D eigenvalue weighted by Gasteiger charge is -2.34. The summed E-state index contributed by atoms with van der Waals surface area (Å²) in [5, 5.41) is 7.42. The molecule has 8 atom stereocenters. The van der Waals surface area contributed by atoms with Crippen molar-refractivity contribution >= 4 is 17.9 Å². The van der Waals surface area contributed by atoms with Crippen LogP contribution in [0.4, 0.5) is 0 Å². The first-order valence-electron chi connectivity index (χ1n) is 19.6. The van der Waals surface area contributed by atoms with Crippen molar-refractivity contribution in [1.29, 1.82) is 0 Å². The molecular weight excluding hydrogens is 620 g/mol. The van der Waals surface area contributed by atoms with Crippen molar-refractivity contribution in [2.45, 2.75) is 135 Å². The van der Waals surface area contributed by atoms with Gasteiger partial charge in [-0.05, 0) is 124 Å². The summed E-state index contributed by atoms with van der Waals surface area (Å²) in [6.45, 7) is 2.78. The van der Waals surface area contributed by atoms with E-state index in [4.69, 9.17) is 28.8 Å². The van der Waals surface area contributed by atoms with Gasteiger partial charge in [-0.2, -0.15) is 0 Å². The van der Waals surface area contributed by atoms with Gasteiger partial charge in [0.25, 0.3) is 5.97 Å². The van der Waals surface area contributed by atoms with Crippen molar-refractivity contribution < 1.29 is 38.4 Å². The minimum atomic E-state index is -0.833. The summed E-state index contributed by atoms with van der Waals surface area (Å²) < 4.78 is 20.7. The molecule has 0 spiro atoms. The fourth-order valence-corrected chi connectivity index (χ4v) is 9.34. The third-order valence-corrected chi connectivity index (χ3v) is 11.4. The molecule has 4 fully saturated rings. The molecule has 280 valence electrons. The lowest BCUT2D eigenvalue weighted by atomic mass is 9.71. The molecule has 0 aromatic heterocycles.